The van der Waals surface area contributed by atoms with Gasteiger partial charge in [-0.25, -0.2) is 0 Å². The summed E-state index contributed by atoms with van der Waals surface area (Å²) in [4.78, 5) is 12.4. The number of aryl methyl sites for hydroxylation is 1. The lowest BCUT2D eigenvalue weighted by Gasteiger charge is -2.24. The van der Waals surface area contributed by atoms with Gasteiger partial charge in [-0.1, -0.05) is 0 Å². The summed E-state index contributed by atoms with van der Waals surface area (Å²) in [6.07, 6.45) is 6.24. The molecule has 0 radical (unpaired) electrons. The molecule has 0 spiro atoms. The second-order valence-corrected chi connectivity index (χ2v) is 6.14. The van der Waals surface area contributed by atoms with Crippen LogP contribution in [0.1, 0.15) is 28.8 Å². The van der Waals surface area contributed by atoms with Crippen LogP contribution in [0, 0.1) is 12.8 Å². The SMILES string of the molecule is Cc1ccn2cc(C(=O)NC3CC4CNC3C4)ccc12. The Kier molecular flexibility index (Phi) is 2.60. The van der Waals surface area contributed by atoms with Crippen molar-refractivity contribution < 1.29 is 4.79 Å². The van der Waals surface area contributed by atoms with Crippen LogP contribution in [-0.2, 0) is 0 Å². The van der Waals surface area contributed by atoms with Crippen LogP contribution in [0.25, 0.3) is 5.52 Å². The first-order valence-electron chi connectivity index (χ1n) is 7.32. The average molecular weight is 269 g/mol. The Balaban J connectivity index is 1.54. The molecule has 4 rings (SSSR count). The van der Waals surface area contributed by atoms with Crippen LogP contribution in [0.15, 0.2) is 30.6 Å². The van der Waals surface area contributed by atoms with E-state index in [0.29, 0.717) is 12.1 Å². The van der Waals surface area contributed by atoms with E-state index in [-0.39, 0.29) is 5.91 Å². The van der Waals surface area contributed by atoms with Gasteiger partial charge in [0.05, 0.1) is 5.56 Å². The fourth-order valence-corrected chi connectivity index (χ4v) is 3.65. The minimum atomic E-state index is 0.0394. The normalized spacial score (nSPS) is 28.1. The molecule has 1 saturated carbocycles. The molecule has 2 aromatic heterocycles. The van der Waals surface area contributed by atoms with Gasteiger partial charge in [0.15, 0.2) is 0 Å². The lowest BCUT2D eigenvalue weighted by Crippen LogP contribution is -2.47. The van der Waals surface area contributed by atoms with Crippen molar-refractivity contribution >= 4 is 11.4 Å². The van der Waals surface area contributed by atoms with Gasteiger partial charge in [0.2, 0.25) is 0 Å². The molecule has 20 heavy (non-hydrogen) atoms. The van der Waals surface area contributed by atoms with Crippen LogP contribution in [0.2, 0.25) is 0 Å². The second kappa shape index (κ2) is 4.35. The summed E-state index contributed by atoms with van der Waals surface area (Å²) in [6.45, 7) is 3.20. The second-order valence-electron chi connectivity index (χ2n) is 6.14. The number of nitrogens with zero attached hydrogens (tertiary/aromatic N) is 1. The summed E-state index contributed by atoms with van der Waals surface area (Å²) in [5.41, 5.74) is 3.12. The van der Waals surface area contributed by atoms with E-state index in [1.165, 1.54) is 12.0 Å². The highest BCUT2D eigenvalue weighted by molar-refractivity contribution is 5.94. The molecule has 2 N–H and O–H groups in total. The fraction of sp³-hybridized carbons (Fsp3) is 0.438. The van der Waals surface area contributed by atoms with Gasteiger partial charge in [-0.3, -0.25) is 4.79 Å². The summed E-state index contributed by atoms with van der Waals surface area (Å²) >= 11 is 0. The standard InChI is InChI=1S/C16H19N3O/c1-10-4-5-19-9-12(2-3-15(10)19)16(20)18-14-7-11-6-13(14)17-8-11/h2-5,9,11,13-14,17H,6-8H2,1H3,(H,18,20). The number of pyridine rings is 1. The highest BCUT2D eigenvalue weighted by Crippen LogP contribution is 2.31. The molecule has 3 atom stereocenters. The predicted octanol–water partition coefficient (Wildman–Crippen LogP) is 1.73. The number of hydrogen-bond acceptors (Lipinski definition) is 2. The lowest BCUT2D eigenvalue weighted by atomic mass is 10.1. The van der Waals surface area contributed by atoms with Crippen molar-refractivity contribution in [2.75, 3.05) is 6.54 Å². The minimum Gasteiger partial charge on any atom is -0.348 e. The number of carbonyl (C=O) groups excluding carboxylic acids is 1. The number of fused-ring (bicyclic) bond motifs is 3. The van der Waals surface area contributed by atoms with Gasteiger partial charge in [0.25, 0.3) is 5.91 Å². The van der Waals surface area contributed by atoms with Crippen molar-refractivity contribution in [2.45, 2.75) is 31.8 Å². The summed E-state index contributed by atoms with van der Waals surface area (Å²) in [6, 6.07) is 6.77. The van der Waals surface area contributed by atoms with Crippen LogP contribution < -0.4 is 10.6 Å². The fourth-order valence-electron chi connectivity index (χ4n) is 3.65. The maximum Gasteiger partial charge on any atom is 0.253 e. The molecule has 1 amide bonds. The molecule has 2 aromatic rings. The molecule has 0 aromatic carbocycles. The zero-order valence-electron chi connectivity index (χ0n) is 11.6. The maximum atomic E-state index is 12.4. The number of amides is 1. The molecule has 4 heteroatoms. The third-order valence-corrected chi connectivity index (χ3v) is 4.77. The molecule has 4 nitrogen and oxygen atoms in total. The van der Waals surface area contributed by atoms with E-state index in [2.05, 4.69) is 23.6 Å². The number of rotatable bonds is 2. The van der Waals surface area contributed by atoms with Crippen LogP contribution in [-0.4, -0.2) is 28.9 Å². The maximum absolute atomic E-state index is 12.4. The van der Waals surface area contributed by atoms with E-state index < -0.39 is 0 Å². The Morgan fingerprint density at radius 1 is 1.35 bits per heavy atom. The van der Waals surface area contributed by atoms with Crippen molar-refractivity contribution in [3.05, 3.63) is 41.7 Å². The minimum absolute atomic E-state index is 0.0394. The van der Waals surface area contributed by atoms with Gasteiger partial charge < -0.3 is 15.0 Å². The van der Waals surface area contributed by atoms with E-state index >= 15 is 0 Å². The number of piperidine rings is 1. The van der Waals surface area contributed by atoms with Crippen molar-refractivity contribution in [3.8, 4) is 0 Å². The van der Waals surface area contributed by atoms with E-state index in [4.69, 9.17) is 0 Å². The van der Waals surface area contributed by atoms with Crippen molar-refractivity contribution in [1.29, 1.82) is 0 Å². The van der Waals surface area contributed by atoms with Gasteiger partial charge in [0.1, 0.15) is 0 Å². The molecule has 1 aliphatic heterocycles. The number of hydrogen-bond donors (Lipinski definition) is 2. The highest BCUT2D eigenvalue weighted by atomic mass is 16.1. The smallest absolute Gasteiger partial charge is 0.253 e. The van der Waals surface area contributed by atoms with Crippen LogP contribution >= 0.6 is 0 Å². The van der Waals surface area contributed by atoms with Gasteiger partial charge >= 0.3 is 0 Å². The largest absolute Gasteiger partial charge is 0.348 e. The highest BCUT2D eigenvalue weighted by Gasteiger charge is 2.40. The number of nitrogens with one attached hydrogen (secondary N) is 2. The Labute approximate surface area is 118 Å². The van der Waals surface area contributed by atoms with Crippen molar-refractivity contribution in [2.24, 2.45) is 5.92 Å². The van der Waals surface area contributed by atoms with Crippen molar-refractivity contribution in [1.82, 2.24) is 15.0 Å². The third-order valence-electron chi connectivity index (χ3n) is 4.77. The first-order chi connectivity index (χ1) is 9.70. The Bertz CT molecular complexity index is 675. The van der Waals surface area contributed by atoms with E-state index in [9.17, 15) is 4.79 Å². The molecule has 3 heterocycles. The molecule has 1 aliphatic carbocycles. The van der Waals surface area contributed by atoms with Gasteiger partial charge in [-0.05, 0) is 56.0 Å². The van der Waals surface area contributed by atoms with Crippen LogP contribution in [0.4, 0.5) is 0 Å². The van der Waals surface area contributed by atoms with Gasteiger partial charge in [-0.2, -0.15) is 0 Å². The zero-order valence-corrected chi connectivity index (χ0v) is 11.6. The van der Waals surface area contributed by atoms with E-state index in [1.54, 1.807) is 0 Å². The first kappa shape index (κ1) is 12.0. The van der Waals surface area contributed by atoms with Crippen LogP contribution in [0.3, 0.4) is 0 Å². The van der Waals surface area contributed by atoms with Gasteiger partial charge in [-0.15, -0.1) is 0 Å². The average Bonchev–Trinajstić information content (AvgIpc) is 3.14. The summed E-state index contributed by atoms with van der Waals surface area (Å²) < 4.78 is 2.02. The predicted molar refractivity (Wildman–Crippen MR) is 77.9 cm³/mol. The molecule has 104 valence electrons. The summed E-state index contributed by atoms with van der Waals surface area (Å²) in [5, 5.41) is 6.66. The first-order valence-corrected chi connectivity index (χ1v) is 7.32. The Morgan fingerprint density at radius 2 is 2.25 bits per heavy atom. The lowest BCUT2D eigenvalue weighted by molar-refractivity contribution is 0.0928. The van der Waals surface area contributed by atoms with Gasteiger partial charge in [0, 0.05) is 30.0 Å². The third kappa shape index (κ3) is 1.83. The van der Waals surface area contributed by atoms with E-state index in [0.717, 1.165) is 30.0 Å². The molecular formula is C16H19N3O. The molecular weight excluding hydrogens is 250 g/mol. The zero-order chi connectivity index (χ0) is 13.7. The quantitative estimate of drug-likeness (QED) is 0.872. The van der Waals surface area contributed by atoms with E-state index in [1.807, 2.05) is 28.9 Å². The molecule has 2 fully saturated rings. The van der Waals surface area contributed by atoms with Crippen LogP contribution in [0.5, 0.6) is 0 Å². The monoisotopic (exact) mass is 269 g/mol. The Hall–Kier alpha value is -1.81. The molecule has 2 bridgehead atoms. The molecule has 2 aliphatic rings. The topological polar surface area (TPSA) is 45.5 Å². The molecule has 1 saturated heterocycles. The number of carbonyl (C=O) groups is 1. The Morgan fingerprint density at radius 3 is 3.00 bits per heavy atom. The molecule has 3 unspecified atom stereocenters. The summed E-state index contributed by atoms with van der Waals surface area (Å²) in [7, 11) is 0. The number of aromatic nitrogens is 1. The summed E-state index contributed by atoms with van der Waals surface area (Å²) in [5.74, 6) is 0.789. The van der Waals surface area contributed by atoms with Crippen molar-refractivity contribution in [3.63, 3.8) is 0 Å².